The van der Waals surface area contributed by atoms with Crippen LogP contribution in [0.5, 0.6) is 0 Å². The van der Waals surface area contributed by atoms with Crippen LogP contribution < -0.4 is 0 Å². The van der Waals surface area contributed by atoms with Crippen LogP contribution in [0.1, 0.15) is 18.3 Å². The molecule has 0 aliphatic rings. The molecule has 3 heterocycles. The van der Waals surface area contributed by atoms with Gasteiger partial charge in [0.2, 0.25) is 0 Å². The maximum Gasteiger partial charge on any atom is 0.311 e. The van der Waals surface area contributed by atoms with Gasteiger partial charge in [0.1, 0.15) is 11.5 Å². The first-order valence-electron chi connectivity index (χ1n) is 10.1. The maximum absolute atomic E-state index is 14.0. The van der Waals surface area contributed by atoms with Gasteiger partial charge in [0.15, 0.2) is 16.8 Å². The van der Waals surface area contributed by atoms with E-state index in [1.54, 1.807) is 21.3 Å². The van der Waals surface area contributed by atoms with Crippen molar-refractivity contribution in [1.29, 1.82) is 0 Å². The Labute approximate surface area is 182 Å². The van der Waals surface area contributed by atoms with Crippen LogP contribution in [-0.4, -0.2) is 42.7 Å². The van der Waals surface area contributed by atoms with Crippen LogP contribution in [0.2, 0.25) is 0 Å². The fourth-order valence-electron chi connectivity index (χ4n) is 3.79. The second-order valence-electron chi connectivity index (χ2n) is 7.24. The minimum absolute atomic E-state index is 0.0943. The van der Waals surface area contributed by atoms with E-state index in [-0.39, 0.29) is 6.42 Å². The predicted molar refractivity (Wildman–Crippen MR) is 116 cm³/mol. The van der Waals surface area contributed by atoms with Gasteiger partial charge in [-0.2, -0.15) is 14.7 Å². The van der Waals surface area contributed by atoms with Gasteiger partial charge >= 0.3 is 5.97 Å². The molecule has 0 saturated heterocycles. The summed E-state index contributed by atoms with van der Waals surface area (Å²) in [4.78, 5) is 12.0. The van der Waals surface area contributed by atoms with E-state index in [9.17, 15) is 9.18 Å². The number of methoxy groups -OCH3 is 1. The highest BCUT2D eigenvalue weighted by molar-refractivity contribution is 5.87. The second kappa shape index (κ2) is 7.84. The Kier molecular flexibility index (Phi) is 4.85. The van der Waals surface area contributed by atoms with Crippen LogP contribution in [0.3, 0.4) is 0 Å². The molecule has 0 unspecified atom stereocenters. The molecular weight excluding hydrogens is 411 g/mol. The highest BCUT2D eigenvalue weighted by Crippen LogP contribution is 2.30. The number of carbonyl (C=O) groups excluding carboxylic acids is 1. The average Bonchev–Trinajstić information content (AvgIpc) is 3.37. The van der Waals surface area contributed by atoms with Crippen molar-refractivity contribution in [3.05, 3.63) is 71.8 Å². The number of benzene rings is 2. The van der Waals surface area contributed by atoms with Gasteiger partial charge < -0.3 is 4.74 Å². The fourth-order valence-corrected chi connectivity index (χ4v) is 3.79. The number of hydrogen-bond acceptors (Lipinski definition) is 6. The summed E-state index contributed by atoms with van der Waals surface area (Å²) in [5, 5.41) is 18.2. The monoisotopic (exact) mass is 430 g/mol. The van der Waals surface area contributed by atoms with E-state index in [0.29, 0.717) is 34.6 Å². The van der Waals surface area contributed by atoms with E-state index in [0.717, 1.165) is 16.8 Å². The minimum Gasteiger partial charge on any atom is -0.469 e. The molecule has 0 fully saturated rings. The second-order valence-corrected chi connectivity index (χ2v) is 7.24. The van der Waals surface area contributed by atoms with Crippen molar-refractivity contribution in [3.63, 3.8) is 0 Å². The van der Waals surface area contributed by atoms with Crippen molar-refractivity contribution in [3.8, 4) is 16.8 Å². The number of carbonyl (C=O) groups is 1. The van der Waals surface area contributed by atoms with Crippen molar-refractivity contribution in [1.82, 2.24) is 29.6 Å². The number of aromatic nitrogens is 6. The van der Waals surface area contributed by atoms with Crippen molar-refractivity contribution < 1.29 is 13.9 Å². The quantitative estimate of drug-likeness (QED) is 0.397. The lowest BCUT2D eigenvalue weighted by Crippen LogP contribution is -2.06. The summed E-state index contributed by atoms with van der Waals surface area (Å²) in [5.41, 5.74) is 5.01. The smallest absolute Gasteiger partial charge is 0.311 e. The van der Waals surface area contributed by atoms with E-state index in [2.05, 4.69) is 15.3 Å². The van der Waals surface area contributed by atoms with Crippen LogP contribution in [0.15, 0.2) is 54.6 Å². The Morgan fingerprint density at radius 1 is 1.03 bits per heavy atom. The molecule has 8 nitrogen and oxygen atoms in total. The highest BCUT2D eigenvalue weighted by atomic mass is 19.1. The number of hydrogen-bond donors (Lipinski definition) is 0. The van der Waals surface area contributed by atoms with Gasteiger partial charge in [0.25, 0.3) is 0 Å². The zero-order valence-electron chi connectivity index (χ0n) is 17.5. The predicted octanol–water partition coefficient (Wildman–Crippen LogP) is 3.55. The Bertz CT molecular complexity index is 1460. The Morgan fingerprint density at radius 2 is 1.84 bits per heavy atom. The fraction of sp³-hybridized carbons (Fsp3) is 0.174. The summed E-state index contributed by atoms with van der Waals surface area (Å²) in [6.07, 6.45) is 0.584. The molecule has 5 aromatic rings. The van der Waals surface area contributed by atoms with Crippen LogP contribution in [0.25, 0.3) is 33.6 Å². The molecule has 9 heteroatoms. The van der Waals surface area contributed by atoms with Gasteiger partial charge in [-0.1, -0.05) is 43.3 Å². The summed E-state index contributed by atoms with van der Waals surface area (Å²) in [6.45, 7) is 2.02. The van der Waals surface area contributed by atoms with E-state index < -0.39 is 11.8 Å². The van der Waals surface area contributed by atoms with E-state index in [1.807, 2.05) is 37.3 Å². The summed E-state index contributed by atoms with van der Waals surface area (Å²) in [6, 6.07) is 15.9. The van der Waals surface area contributed by atoms with Gasteiger partial charge in [0.05, 0.1) is 30.5 Å². The lowest BCUT2D eigenvalue weighted by molar-refractivity contribution is -0.139. The third-order valence-electron chi connectivity index (χ3n) is 5.27. The zero-order chi connectivity index (χ0) is 22.2. The van der Waals surface area contributed by atoms with E-state index in [4.69, 9.17) is 9.84 Å². The van der Waals surface area contributed by atoms with Crippen LogP contribution in [0, 0.1) is 5.82 Å². The van der Waals surface area contributed by atoms with Crippen LogP contribution in [-0.2, 0) is 22.4 Å². The summed E-state index contributed by atoms with van der Waals surface area (Å²) >= 11 is 0. The lowest BCUT2D eigenvalue weighted by Gasteiger charge is -2.04. The first-order valence-corrected chi connectivity index (χ1v) is 10.1. The minimum atomic E-state index is -0.461. The normalized spacial score (nSPS) is 11.3. The van der Waals surface area contributed by atoms with Crippen molar-refractivity contribution in [2.75, 3.05) is 7.11 Å². The van der Waals surface area contributed by atoms with Gasteiger partial charge in [-0.25, -0.2) is 9.07 Å². The molecule has 0 spiro atoms. The number of fused-ring (bicyclic) bond motifs is 3. The molecule has 32 heavy (non-hydrogen) atoms. The topological polar surface area (TPSA) is 87.2 Å². The lowest BCUT2D eigenvalue weighted by atomic mass is 10.0. The summed E-state index contributed by atoms with van der Waals surface area (Å²) in [7, 11) is 1.31. The van der Waals surface area contributed by atoms with Crippen molar-refractivity contribution in [2.45, 2.75) is 19.8 Å². The van der Waals surface area contributed by atoms with Crippen LogP contribution >= 0.6 is 0 Å². The Hall–Kier alpha value is -4.14. The molecule has 0 amide bonds. The van der Waals surface area contributed by atoms with Gasteiger partial charge in [-0.05, 0) is 30.2 Å². The van der Waals surface area contributed by atoms with Gasteiger partial charge in [-0.3, -0.25) is 4.79 Å². The largest absolute Gasteiger partial charge is 0.469 e. The molecule has 160 valence electrons. The number of aryl methyl sites for hydroxylation is 1. The van der Waals surface area contributed by atoms with E-state index >= 15 is 0 Å². The van der Waals surface area contributed by atoms with E-state index in [1.165, 1.54) is 19.2 Å². The molecule has 3 aromatic heterocycles. The number of rotatable bonds is 5. The molecular formula is C23H19FN6O2. The average molecular weight is 430 g/mol. The molecule has 5 rings (SSSR count). The molecule has 0 aliphatic heterocycles. The molecule has 0 bridgehead atoms. The number of nitrogens with zero attached hydrogens (tertiary/aromatic N) is 6. The standard InChI is InChI=1S/C23H19FN6O2/c1-3-17-20(14-8-5-4-6-9-14)22-26-25-21-18(13-19(31)32-2)28-29(23(21)30(22)27-17)16-11-7-10-15(24)12-16/h4-12H,3,13H2,1-2H3. The number of esters is 1. The zero-order valence-corrected chi connectivity index (χ0v) is 17.5. The maximum atomic E-state index is 14.0. The first kappa shape index (κ1) is 19.8. The van der Waals surface area contributed by atoms with Gasteiger partial charge in [-0.15, -0.1) is 10.2 Å². The molecule has 0 aliphatic carbocycles. The molecule has 0 atom stereocenters. The van der Waals surface area contributed by atoms with Crippen molar-refractivity contribution >= 4 is 22.8 Å². The number of ether oxygens (including phenoxy) is 1. The molecule has 0 N–H and O–H groups in total. The number of halogens is 1. The molecule has 0 radical (unpaired) electrons. The summed E-state index contributed by atoms with van der Waals surface area (Å²) < 4.78 is 22.0. The first-order chi connectivity index (χ1) is 15.6. The van der Waals surface area contributed by atoms with Crippen LogP contribution in [0.4, 0.5) is 4.39 Å². The van der Waals surface area contributed by atoms with Gasteiger partial charge in [0, 0.05) is 0 Å². The third kappa shape index (κ3) is 3.18. The Balaban J connectivity index is 1.86. The Morgan fingerprint density at radius 3 is 2.56 bits per heavy atom. The SMILES string of the molecule is CCc1nn2c(nnc3c(CC(=O)OC)nn(-c4cccc(F)c4)c32)c1-c1ccccc1. The third-order valence-corrected chi connectivity index (χ3v) is 5.27. The summed E-state index contributed by atoms with van der Waals surface area (Å²) in [5.74, 6) is -0.865. The molecule has 2 aromatic carbocycles. The highest BCUT2D eigenvalue weighted by Gasteiger charge is 2.24. The molecule has 0 saturated carbocycles. The van der Waals surface area contributed by atoms with Crippen molar-refractivity contribution in [2.24, 2.45) is 0 Å².